The summed E-state index contributed by atoms with van der Waals surface area (Å²) in [5.74, 6) is 2.65. The first-order valence-electron chi connectivity index (χ1n) is 7.84. The molecule has 3 rings (SSSR count). The van der Waals surface area contributed by atoms with Crippen molar-refractivity contribution in [3.05, 3.63) is 34.1 Å². The van der Waals surface area contributed by atoms with Crippen LogP contribution in [0, 0.1) is 23.6 Å². The summed E-state index contributed by atoms with van der Waals surface area (Å²) in [6.07, 6.45) is 6.29. The predicted molar refractivity (Wildman–Crippen MR) is 84.2 cm³/mol. The van der Waals surface area contributed by atoms with Crippen molar-refractivity contribution >= 4 is 15.9 Å². The van der Waals surface area contributed by atoms with Crippen molar-refractivity contribution in [2.45, 2.75) is 45.1 Å². The maximum Gasteiger partial charge on any atom is 0.123 e. The van der Waals surface area contributed by atoms with Crippen molar-refractivity contribution < 1.29 is 4.39 Å². The Morgan fingerprint density at radius 3 is 2.75 bits per heavy atom. The van der Waals surface area contributed by atoms with Crippen LogP contribution in [0.25, 0.3) is 0 Å². The molecule has 0 bridgehead atoms. The minimum absolute atomic E-state index is 0.133. The summed E-state index contributed by atoms with van der Waals surface area (Å²) in [6, 6.07) is 5.53. The molecule has 0 saturated heterocycles. The summed E-state index contributed by atoms with van der Waals surface area (Å²) in [5, 5.41) is 3.70. The molecule has 1 aromatic carbocycles. The lowest BCUT2D eigenvalue weighted by Gasteiger charge is -2.26. The summed E-state index contributed by atoms with van der Waals surface area (Å²) in [5.41, 5.74) is 1.10. The Hall–Kier alpha value is -0.410. The second kappa shape index (κ2) is 6.15. The lowest BCUT2D eigenvalue weighted by molar-refractivity contribution is 0.332. The summed E-state index contributed by atoms with van der Waals surface area (Å²) >= 11 is 3.56. The molecule has 1 nitrogen and oxygen atoms in total. The van der Waals surface area contributed by atoms with Crippen LogP contribution in [0.1, 0.15) is 38.2 Å². The summed E-state index contributed by atoms with van der Waals surface area (Å²) < 4.78 is 14.5. The molecule has 110 valence electrons. The quantitative estimate of drug-likeness (QED) is 0.801. The molecule has 2 aliphatic rings. The van der Waals surface area contributed by atoms with Crippen LogP contribution in [0.4, 0.5) is 4.39 Å². The highest BCUT2D eigenvalue weighted by molar-refractivity contribution is 9.10. The average Bonchev–Trinajstić information content (AvgIpc) is 3.05. The standard InChI is InChI=1S/C17H23BrFN/c1-2-5-20-17(14-7-11-6-12(11)8-14)10-13-9-15(19)3-4-16(13)18/h3-4,9,11-12,14,17,20H,2,5-8,10H2,1H3. The minimum atomic E-state index is -0.133. The topological polar surface area (TPSA) is 12.0 Å². The molecule has 0 heterocycles. The second-order valence-electron chi connectivity index (χ2n) is 6.49. The second-order valence-corrected chi connectivity index (χ2v) is 7.34. The Morgan fingerprint density at radius 1 is 1.30 bits per heavy atom. The van der Waals surface area contributed by atoms with Gasteiger partial charge in [-0.25, -0.2) is 4.39 Å². The van der Waals surface area contributed by atoms with E-state index in [2.05, 4.69) is 28.2 Å². The molecular weight excluding hydrogens is 317 g/mol. The van der Waals surface area contributed by atoms with E-state index in [-0.39, 0.29) is 5.82 Å². The van der Waals surface area contributed by atoms with Gasteiger partial charge in [0, 0.05) is 10.5 Å². The van der Waals surface area contributed by atoms with Crippen molar-refractivity contribution in [1.29, 1.82) is 0 Å². The van der Waals surface area contributed by atoms with E-state index in [4.69, 9.17) is 0 Å². The third kappa shape index (κ3) is 3.25. The summed E-state index contributed by atoms with van der Waals surface area (Å²) in [4.78, 5) is 0. The first-order valence-corrected chi connectivity index (χ1v) is 8.64. The highest BCUT2D eigenvalue weighted by Gasteiger charge is 2.47. The van der Waals surface area contributed by atoms with Gasteiger partial charge in [-0.2, -0.15) is 0 Å². The van der Waals surface area contributed by atoms with E-state index >= 15 is 0 Å². The van der Waals surface area contributed by atoms with Crippen LogP contribution >= 0.6 is 15.9 Å². The molecule has 0 amide bonds. The normalized spacial score (nSPS) is 29.2. The molecule has 0 spiro atoms. The fourth-order valence-electron chi connectivity index (χ4n) is 3.76. The number of hydrogen-bond donors (Lipinski definition) is 1. The Labute approximate surface area is 129 Å². The Morgan fingerprint density at radius 2 is 2.05 bits per heavy atom. The van der Waals surface area contributed by atoms with Crippen LogP contribution in [-0.4, -0.2) is 12.6 Å². The fourth-order valence-corrected chi connectivity index (χ4v) is 4.17. The number of fused-ring (bicyclic) bond motifs is 1. The van der Waals surface area contributed by atoms with E-state index < -0.39 is 0 Å². The molecule has 0 aliphatic heterocycles. The third-order valence-corrected chi connectivity index (χ3v) is 5.73. The molecule has 3 heteroatoms. The largest absolute Gasteiger partial charge is 0.313 e. The molecule has 20 heavy (non-hydrogen) atoms. The van der Waals surface area contributed by atoms with Gasteiger partial charge in [-0.1, -0.05) is 22.9 Å². The molecule has 0 aromatic heterocycles. The monoisotopic (exact) mass is 339 g/mol. The van der Waals surface area contributed by atoms with Crippen LogP contribution in [-0.2, 0) is 6.42 Å². The molecule has 1 N–H and O–H groups in total. The molecule has 2 saturated carbocycles. The van der Waals surface area contributed by atoms with Crippen LogP contribution in [0.2, 0.25) is 0 Å². The number of benzene rings is 1. The third-order valence-electron chi connectivity index (χ3n) is 4.95. The average molecular weight is 340 g/mol. The minimum Gasteiger partial charge on any atom is -0.313 e. The van der Waals surface area contributed by atoms with Crippen molar-refractivity contribution in [2.24, 2.45) is 17.8 Å². The molecule has 3 unspecified atom stereocenters. The van der Waals surface area contributed by atoms with E-state index in [0.29, 0.717) is 6.04 Å². The van der Waals surface area contributed by atoms with Crippen LogP contribution in [0.15, 0.2) is 22.7 Å². The van der Waals surface area contributed by atoms with Gasteiger partial charge < -0.3 is 5.32 Å². The molecule has 2 aliphatic carbocycles. The Kier molecular flexibility index (Phi) is 4.46. The lowest BCUT2D eigenvalue weighted by Crippen LogP contribution is -2.38. The lowest BCUT2D eigenvalue weighted by atomic mass is 9.89. The first-order chi connectivity index (χ1) is 9.67. The van der Waals surface area contributed by atoms with Gasteiger partial charge in [0.1, 0.15) is 5.82 Å². The van der Waals surface area contributed by atoms with Crippen molar-refractivity contribution in [1.82, 2.24) is 5.32 Å². The number of hydrogen-bond acceptors (Lipinski definition) is 1. The SMILES string of the molecule is CCCNC(Cc1cc(F)ccc1Br)C1CC2CC2C1. The van der Waals surface area contributed by atoms with Gasteiger partial charge in [0.25, 0.3) is 0 Å². The van der Waals surface area contributed by atoms with Gasteiger partial charge in [-0.15, -0.1) is 0 Å². The maximum absolute atomic E-state index is 13.5. The highest BCUT2D eigenvalue weighted by atomic mass is 79.9. The number of rotatable bonds is 6. The van der Waals surface area contributed by atoms with E-state index in [1.807, 2.05) is 6.07 Å². The van der Waals surface area contributed by atoms with Crippen LogP contribution < -0.4 is 5.32 Å². The van der Waals surface area contributed by atoms with E-state index in [0.717, 1.165) is 47.2 Å². The Bertz CT molecular complexity index is 466. The van der Waals surface area contributed by atoms with Crippen molar-refractivity contribution in [3.63, 3.8) is 0 Å². The number of nitrogens with one attached hydrogen (secondary N) is 1. The zero-order valence-electron chi connectivity index (χ0n) is 12.0. The van der Waals surface area contributed by atoms with Crippen molar-refractivity contribution in [2.75, 3.05) is 6.54 Å². The van der Waals surface area contributed by atoms with Crippen LogP contribution in [0.5, 0.6) is 0 Å². The van der Waals surface area contributed by atoms with Crippen LogP contribution in [0.3, 0.4) is 0 Å². The smallest absolute Gasteiger partial charge is 0.123 e. The maximum atomic E-state index is 13.5. The molecule has 0 radical (unpaired) electrons. The van der Waals surface area contributed by atoms with E-state index in [9.17, 15) is 4.39 Å². The molecule has 3 atom stereocenters. The van der Waals surface area contributed by atoms with E-state index in [1.165, 1.54) is 25.3 Å². The van der Waals surface area contributed by atoms with Gasteiger partial charge in [0.2, 0.25) is 0 Å². The predicted octanol–water partition coefficient (Wildman–Crippen LogP) is 4.55. The zero-order valence-corrected chi connectivity index (χ0v) is 13.6. The van der Waals surface area contributed by atoms with Gasteiger partial charge in [0.05, 0.1) is 0 Å². The summed E-state index contributed by atoms with van der Waals surface area (Å²) in [6.45, 7) is 3.26. The van der Waals surface area contributed by atoms with Gasteiger partial charge >= 0.3 is 0 Å². The van der Waals surface area contributed by atoms with Gasteiger partial charge in [0.15, 0.2) is 0 Å². The number of halogens is 2. The summed E-state index contributed by atoms with van der Waals surface area (Å²) in [7, 11) is 0. The molecule has 2 fully saturated rings. The Balaban J connectivity index is 1.69. The van der Waals surface area contributed by atoms with Gasteiger partial charge in [-0.3, -0.25) is 0 Å². The highest BCUT2D eigenvalue weighted by Crippen LogP contribution is 2.55. The van der Waals surface area contributed by atoms with Gasteiger partial charge in [-0.05, 0) is 80.2 Å². The first kappa shape index (κ1) is 14.5. The molecule has 1 aromatic rings. The van der Waals surface area contributed by atoms with E-state index in [1.54, 1.807) is 6.07 Å². The van der Waals surface area contributed by atoms with Crippen molar-refractivity contribution in [3.8, 4) is 0 Å². The zero-order chi connectivity index (χ0) is 14.1. The fraction of sp³-hybridized carbons (Fsp3) is 0.647. The molecular formula is C17H23BrFN.